The van der Waals surface area contributed by atoms with Crippen molar-refractivity contribution in [1.82, 2.24) is 10.1 Å². The summed E-state index contributed by atoms with van der Waals surface area (Å²) in [6.45, 7) is 0.833. The van der Waals surface area contributed by atoms with Gasteiger partial charge in [-0.1, -0.05) is 12.1 Å². The van der Waals surface area contributed by atoms with Gasteiger partial charge < -0.3 is 19.7 Å². The first kappa shape index (κ1) is 20.3. The first-order chi connectivity index (χ1) is 12.5. The molecule has 0 radical (unpaired) electrons. The molecule has 8 heteroatoms. The van der Waals surface area contributed by atoms with E-state index in [0.717, 1.165) is 5.56 Å². The van der Waals surface area contributed by atoms with Crippen molar-refractivity contribution in [1.29, 1.82) is 0 Å². The third kappa shape index (κ3) is 5.77. The number of benzene rings is 2. The minimum Gasteiger partial charge on any atom is -0.488 e. The average molecular weight is 364 g/mol. The van der Waals surface area contributed by atoms with Gasteiger partial charge in [-0.3, -0.25) is 4.90 Å². The Morgan fingerprint density at radius 3 is 2.58 bits per heavy atom. The van der Waals surface area contributed by atoms with Crippen molar-refractivity contribution in [2.75, 3.05) is 20.8 Å². The van der Waals surface area contributed by atoms with E-state index in [1.54, 1.807) is 13.2 Å². The fourth-order valence-electron chi connectivity index (χ4n) is 2.52. The van der Waals surface area contributed by atoms with Gasteiger partial charge in [-0.15, -0.1) is 0 Å². The van der Waals surface area contributed by atoms with Crippen LogP contribution in [0.4, 0.5) is 8.78 Å². The maximum absolute atomic E-state index is 13.7. The van der Waals surface area contributed by atoms with Crippen LogP contribution in [0.2, 0.25) is 0 Å². The van der Waals surface area contributed by atoms with Crippen LogP contribution in [0, 0.1) is 11.6 Å². The van der Waals surface area contributed by atoms with E-state index in [2.05, 4.69) is 5.23 Å². The van der Waals surface area contributed by atoms with E-state index in [4.69, 9.17) is 9.39 Å². The molecule has 0 aliphatic rings. The molecule has 0 spiro atoms. The van der Waals surface area contributed by atoms with Gasteiger partial charge in [-0.05, 0) is 36.9 Å². The summed E-state index contributed by atoms with van der Waals surface area (Å²) in [6.07, 6.45) is 0. The van der Waals surface area contributed by atoms with Crippen molar-refractivity contribution in [2.45, 2.75) is 19.8 Å². The zero-order valence-electron chi connectivity index (χ0n) is 15.0. The predicted octanol–water partition coefficient (Wildman–Crippen LogP) is 1.93. The molecule has 26 heavy (non-hydrogen) atoms. The molecule has 5 nitrogen and oxygen atoms in total. The first-order valence-corrected chi connectivity index (χ1v) is 8.21. The van der Waals surface area contributed by atoms with Crippen molar-refractivity contribution in [2.24, 2.45) is 0 Å². The number of nitrogens with zero attached hydrogens (tertiary/aromatic N) is 1. The molecule has 0 bridgehead atoms. The van der Waals surface area contributed by atoms with Crippen LogP contribution in [0.5, 0.6) is 5.75 Å². The van der Waals surface area contributed by atoms with Crippen LogP contribution in [-0.4, -0.2) is 38.4 Å². The summed E-state index contributed by atoms with van der Waals surface area (Å²) < 4.78 is 37.8. The lowest BCUT2D eigenvalue weighted by Crippen LogP contribution is -2.33. The van der Waals surface area contributed by atoms with Crippen LogP contribution in [0.15, 0.2) is 36.4 Å². The van der Waals surface area contributed by atoms with Gasteiger partial charge in [0.25, 0.3) is 0 Å². The Kier molecular flexibility index (Phi) is 7.99. The largest absolute Gasteiger partial charge is 0.488 e. The number of nitrogens with one attached hydrogen (secondary N) is 1. The Hall–Kier alpha value is -2.00. The van der Waals surface area contributed by atoms with E-state index in [0.29, 0.717) is 32.1 Å². The highest BCUT2D eigenvalue weighted by atomic mass is 19.1. The summed E-state index contributed by atoms with van der Waals surface area (Å²) in [6, 6.07) is 9.06. The van der Waals surface area contributed by atoms with E-state index < -0.39 is 11.6 Å². The number of hydrogen-bond donors (Lipinski definition) is 2. The number of ether oxygens (including phenoxy) is 1. The molecule has 0 unspecified atom stereocenters. The molecule has 0 heterocycles. The van der Waals surface area contributed by atoms with Crippen LogP contribution in [0.25, 0.3) is 0 Å². The third-order valence-corrected chi connectivity index (χ3v) is 3.81. The number of aliphatic hydroxyl groups is 1. The molecular formula is C18H23BF2N2O3. The van der Waals surface area contributed by atoms with Crippen molar-refractivity contribution >= 4 is 7.62 Å². The Morgan fingerprint density at radius 1 is 1.19 bits per heavy atom. The van der Waals surface area contributed by atoms with Crippen LogP contribution >= 0.6 is 0 Å². The molecule has 0 saturated carbocycles. The molecule has 0 aliphatic heterocycles. The van der Waals surface area contributed by atoms with Crippen molar-refractivity contribution in [3.8, 4) is 5.75 Å². The number of hydrogen-bond acceptors (Lipinski definition) is 5. The highest BCUT2D eigenvalue weighted by Crippen LogP contribution is 2.23. The van der Waals surface area contributed by atoms with Gasteiger partial charge in [0, 0.05) is 25.9 Å². The SMILES string of the molecule is COBNCN(C)Cc1ccc(OCc2c(F)cccc2F)c(CO)c1. The topological polar surface area (TPSA) is 54.0 Å². The molecule has 0 fully saturated rings. The lowest BCUT2D eigenvalue weighted by atomic mass is 10.1. The van der Waals surface area contributed by atoms with Gasteiger partial charge in [0.2, 0.25) is 0 Å². The quantitative estimate of drug-likeness (QED) is 0.383. The summed E-state index contributed by atoms with van der Waals surface area (Å²) in [7, 11) is 4.03. The van der Waals surface area contributed by atoms with E-state index in [9.17, 15) is 13.9 Å². The van der Waals surface area contributed by atoms with Gasteiger partial charge in [-0.2, -0.15) is 0 Å². The predicted molar refractivity (Wildman–Crippen MR) is 96.7 cm³/mol. The van der Waals surface area contributed by atoms with Crippen LogP contribution < -0.4 is 9.96 Å². The summed E-state index contributed by atoms with van der Waals surface area (Å²) in [4.78, 5) is 2.05. The number of halogens is 2. The molecule has 2 aromatic carbocycles. The van der Waals surface area contributed by atoms with Crippen LogP contribution in [0.1, 0.15) is 16.7 Å². The normalized spacial score (nSPS) is 11.0. The summed E-state index contributed by atoms with van der Waals surface area (Å²) in [5, 5.41) is 12.7. The fourth-order valence-corrected chi connectivity index (χ4v) is 2.52. The highest BCUT2D eigenvalue weighted by Gasteiger charge is 2.11. The Labute approximate surface area is 152 Å². The summed E-state index contributed by atoms with van der Waals surface area (Å²) in [5.74, 6) is -0.909. The lowest BCUT2D eigenvalue weighted by Gasteiger charge is -2.18. The second-order valence-corrected chi connectivity index (χ2v) is 5.94. The van der Waals surface area contributed by atoms with Gasteiger partial charge in [0.1, 0.15) is 24.0 Å². The molecule has 2 aromatic rings. The molecule has 0 aliphatic carbocycles. The van der Waals surface area contributed by atoms with E-state index in [1.165, 1.54) is 18.2 Å². The zero-order chi connectivity index (χ0) is 18.9. The molecule has 2 N–H and O–H groups in total. The van der Waals surface area contributed by atoms with E-state index in [1.807, 2.05) is 24.1 Å². The number of rotatable bonds is 10. The lowest BCUT2D eigenvalue weighted by molar-refractivity contribution is 0.254. The molecular weight excluding hydrogens is 341 g/mol. The van der Waals surface area contributed by atoms with Crippen LogP contribution in [-0.2, 0) is 24.4 Å². The standard InChI is InChI=1S/C18H23BF2N2O3/c1-23(12-22-19-25-2)9-13-6-7-18(14(8-13)10-24)26-11-15-16(20)4-3-5-17(15)21/h3-8,19,22,24H,9-12H2,1-2H3. The summed E-state index contributed by atoms with van der Waals surface area (Å²) in [5.41, 5.74) is 1.42. The third-order valence-electron chi connectivity index (χ3n) is 3.81. The monoisotopic (exact) mass is 364 g/mol. The van der Waals surface area contributed by atoms with E-state index >= 15 is 0 Å². The summed E-state index contributed by atoms with van der Waals surface area (Å²) >= 11 is 0. The number of aliphatic hydroxyl groups excluding tert-OH is 1. The second kappa shape index (κ2) is 10.2. The van der Waals surface area contributed by atoms with Crippen molar-refractivity contribution < 1.29 is 23.3 Å². The first-order valence-electron chi connectivity index (χ1n) is 8.21. The second-order valence-electron chi connectivity index (χ2n) is 5.94. The maximum atomic E-state index is 13.7. The van der Waals surface area contributed by atoms with Crippen LogP contribution in [0.3, 0.4) is 0 Å². The molecule has 0 atom stereocenters. The molecule has 0 saturated heterocycles. The fraction of sp³-hybridized carbons (Fsp3) is 0.333. The van der Waals surface area contributed by atoms with Gasteiger partial charge >= 0.3 is 7.62 Å². The Morgan fingerprint density at radius 2 is 1.92 bits per heavy atom. The minimum atomic E-state index is -0.655. The van der Waals surface area contributed by atoms with Crippen molar-refractivity contribution in [3.63, 3.8) is 0 Å². The van der Waals surface area contributed by atoms with Gasteiger partial charge in [0.15, 0.2) is 0 Å². The Bertz CT molecular complexity index is 699. The van der Waals surface area contributed by atoms with Crippen molar-refractivity contribution in [3.05, 3.63) is 64.7 Å². The van der Waals surface area contributed by atoms with E-state index in [-0.39, 0.29) is 18.8 Å². The van der Waals surface area contributed by atoms with Gasteiger partial charge in [-0.25, -0.2) is 8.78 Å². The molecule has 0 amide bonds. The minimum absolute atomic E-state index is 0.135. The molecule has 140 valence electrons. The zero-order valence-corrected chi connectivity index (χ0v) is 15.0. The van der Waals surface area contributed by atoms with Gasteiger partial charge in [0.05, 0.1) is 12.2 Å². The molecule has 2 rings (SSSR count). The molecule has 0 aromatic heterocycles. The smallest absolute Gasteiger partial charge is 0.361 e. The maximum Gasteiger partial charge on any atom is 0.361 e. The average Bonchev–Trinajstić information content (AvgIpc) is 2.62. The Balaban J connectivity index is 2.02. The highest BCUT2D eigenvalue weighted by molar-refractivity contribution is 6.23.